The lowest BCUT2D eigenvalue weighted by atomic mass is 9.97. The Morgan fingerprint density at radius 2 is 1.93 bits per heavy atom. The van der Waals surface area contributed by atoms with Crippen LogP contribution in [0.5, 0.6) is 0 Å². The molecule has 0 atom stereocenters. The van der Waals surface area contributed by atoms with E-state index in [2.05, 4.69) is 20.1 Å². The van der Waals surface area contributed by atoms with Gasteiger partial charge in [0.25, 0.3) is 5.91 Å². The molecule has 0 unspecified atom stereocenters. The molecule has 0 bridgehead atoms. The van der Waals surface area contributed by atoms with Crippen molar-refractivity contribution in [2.45, 2.75) is 45.3 Å². The van der Waals surface area contributed by atoms with E-state index in [0.29, 0.717) is 32.2 Å². The SMILES string of the molecule is CCOCc1ccc(C(=O)N2CCc3nnc(C4CCNCC4)n3CC2)cc1. The molecular weight excluding hydrogens is 354 g/mol. The highest BCUT2D eigenvalue weighted by molar-refractivity contribution is 5.94. The van der Waals surface area contributed by atoms with E-state index >= 15 is 0 Å². The lowest BCUT2D eigenvalue weighted by molar-refractivity contribution is 0.0758. The van der Waals surface area contributed by atoms with Crippen molar-refractivity contribution >= 4 is 5.91 Å². The van der Waals surface area contributed by atoms with Crippen molar-refractivity contribution in [3.8, 4) is 0 Å². The maximum Gasteiger partial charge on any atom is 0.253 e. The summed E-state index contributed by atoms with van der Waals surface area (Å²) < 4.78 is 7.68. The van der Waals surface area contributed by atoms with E-state index in [0.717, 1.165) is 61.7 Å². The molecule has 0 saturated carbocycles. The lowest BCUT2D eigenvalue weighted by Gasteiger charge is -2.23. The van der Waals surface area contributed by atoms with Crippen LogP contribution in [0.3, 0.4) is 0 Å². The smallest absolute Gasteiger partial charge is 0.253 e. The Kier molecular flexibility index (Phi) is 6.02. The van der Waals surface area contributed by atoms with Crippen LogP contribution in [0.25, 0.3) is 0 Å². The molecule has 7 nitrogen and oxygen atoms in total. The first-order chi connectivity index (χ1) is 13.8. The predicted octanol–water partition coefficient (Wildman–Crippen LogP) is 1.98. The first-order valence-electron chi connectivity index (χ1n) is 10.3. The van der Waals surface area contributed by atoms with Crippen molar-refractivity contribution in [3.05, 3.63) is 47.0 Å². The average molecular weight is 383 g/mol. The summed E-state index contributed by atoms with van der Waals surface area (Å²) in [5, 5.41) is 12.3. The summed E-state index contributed by atoms with van der Waals surface area (Å²) >= 11 is 0. The zero-order valence-electron chi connectivity index (χ0n) is 16.6. The summed E-state index contributed by atoms with van der Waals surface area (Å²) in [6.45, 7) is 7.49. The van der Waals surface area contributed by atoms with E-state index in [-0.39, 0.29) is 5.91 Å². The van der Waals surface area contributed by atoms with E-state index in [1.54, 1.807) is 0 Å². The van der Waals surface area contributed by atoms with Gasteiger partial charge in [-0.2, -0.15) is 0 Å². The van der Waals surface area contributed by atoms with Gasteiger partial charge in [0, 0.05) is 44.1 Å². The predicted molar refractivity (Wildman–Crippen MR) is 106 cm³/mol. The molecule has 0 spiro atoms. The number of aromatic nitrogens is 3. The molecule has 0 aliphatic carbocycles. The van der Waals surface area contributed by atoms with Crippen LogP contribution in [0.4, 0.5) is 0 Å². The number of hydrogen-bond acceptors (Lipinski definition) is 5. The summed E-state index contributed by atoms with van der Waals surface area (Å²) in [6.07, 6.45) is 2.97. The van der Waals surface area contributed by atoms with Crippen LogP contribution >= 0.6 is 0 Å². The minimum absolute atomic E-state index is 0.0880. The Bertz CT molecular complexity index is 796. The van der Waals surface area contributed by atoms with Gasteiger partial charge in [0.15, 0.2) is 0 Å². The Morgan fingerprint density at radius 1 is 1.14 bits per heavy atom. The number of rotatable bonds is 5. The van der Waals surface area contributed by atoms with E-state index in [1.807, 2.05) is 36.1 Å². The summed E-state index contributed by atoms with van der Waals surface area (Å²) in [5.74, 6) is 2.68. The molecule has 4 rings (SSSR count). The van der Waals surface area contributed by atoms with Crippen molar-refractivity contribution in [1.29, 1.82) is 0 Å². The van der Waals surface area contributed by atoms with Gasteiger partial charge in [-0.25, -0.2) is 0 Å². The fourth-order valence-electron chi connectivity index (χ4n) is 4.08. The molecule has 1 aromatic carbocycles. The Balaban J connectivity index is 1.42. The number of ether oxygens (including phenoxy) is 1. The third-order valence-electron chi connectivity index (χ3n) is 5.72. The van der Waals surface area contributed by atoms with E-state index in [4.69, 9.17) is 4.74 Å². The maximum atomic E-state index is 13.0. The molecule has 150 valence electrons. The molecule has 7 heteroatoms. The second-order valence-corrected chi connectivity index (χ2v) is 7.53. The Labute approximate surface area is 166 Å². The van der Waals surface area contributed by atoms with Crippen LogP contribution in [0.15, 0.2) is 24.3 Å². The molecular formula is C21H29N5O2. The fourth-order valence-corrected chi connectivity index (χ4v) is 4.08. The molecule has 1 saturated heterocycles. The maximum absolute atomic E-state index is 13.0. The lowest BCUT2D eigenvalue weighted by Crippen LogP contribution is -2.34. The summed E-state index contributed by atoms with van der Waals surface area (Å²) in [4.78, 5) is 14.9. The summed E-state index contributed by atoms with van der Waals surface area (Å²) in [6, 6.07) is 7.76. The Hall–Kier alpha value is -2.25. The van der Waals surface area contributed by atoms with Gasteiger partial charge in [-0.05, 0) is 50.6 Å². The highest BCUT2D eigenvalue weighted by Gasteiger charge is 2.26. The first-order valence-corrected chi connectivity index (χ1v) is 10.3. The second kappa shape index (κ2) is 8.84. The van der Waals surface area contributed by atoms with Crippen molar-refractivity contribution in [2.24, 2.45) is 0 Å². The fraction of sp³-hybridized carbons (Fsp3) is 0.571. The highest BCUT2D eigenvalue weighted by Crippen LogP contribution is 2.25. The molecule has 2 aliphatic rings. The number of piperidine rings is 1. The van der Waals surface area contributed by atoms with Crippen LogP contribution in [-0.4, -0.2) is 58.4 Å². The van der Waals surface area contributed by atoms with Gasteiger partial charge in [-0.15, -0.1) is 10.2 Å². The monoisotopic (exact) mass is 383 g/mol. The molecule has 1 fully saturated rings. The number of fused-ring (bicyclic) bond motifs is 1. The molecule has 1 aromatic heterocycles. The van der Waals surface area contributed by atoms with Gasteiger partial charge in [0.05, 0.1) is 6.61 Å². The van der Waals surface area contributed by atoms with Crippen LogP contribution < -0.4 is 5.32 Å². The quantitative estimate of drug-likeness (QED) is 0.855. The summed E-state index contributed by atoms with van der Waals surface area (Å²) in [5.41, 5.74) is 1.82. The van der Waals surface area contributed by atoms with Gasteiger partial charge in [-0.1, -0.05) is 12.1 Å². The number of nitrogens with one attached hydrogen (secondary N) is 1. The molecule has 0 radical (unpaired) electrons. The third-order valence-corrected chi connectivity index (χ3v) is 5.72. The highest BCUT2D eigenvalue weighted by atomic mass is 16.5. The number of carbonyl (C=O) groups excluding carboxylic acids is 1. The zero-order valence-corrected chi connectivity index (χ0v) is 16.6. The third kappa shape index (κ3) is 4.10. The topological polar surface area (TPSA) is 72.3 Å². The number of benzene rings is 1. The van der Waals surface area contributed by atoms with Crippen LogP contribution in [-0.2, 0) is 24.3 Å². The van der Waals surface area contributed by atoms with Crippen molar-refractivity contribution < 1.29 is 9.53 Å². The van der Waals surface area contributed by atoms with Gasteiger partial charge < -0.3 is 19.5 Å². The van der Waals surface area contributed by atoms with Crippen molar-refractivity contribution in [3.63, 3.8) is 0 Å². The van der Waals surface area contributed by atoms with E-state index in [1.165, 1.54) is 0 Å². The minimum atomic E-state index is 0.0880. The second-order valence-electron chi connectivity index (χ2n) is 7.53. The normalized spacial score (nSPS) is 18.0. The molecule has 28 heavy (non-hydrogen) atoms. The van der Waals surface area contributed by atoms with Crippen LogP contribution in [0, 0.1) is 0 Å². The zero-order chi connectivity index (χ0) is 19.3. The number of carbonyl (C=O) groups is 1. The molecule has 2 aromatic rings. The standard InChI is InChI=1S/C21H29N5O2/c1-2-28-15-16-3-5-18(6-4-16)21(27)25-12-9-19-23-24-20(26(19)14-13-25)17-7-10-22-11-8-17/h3-6,17,22H,2,7-15H2,1H3. The molecule has 3 heterocycles. The number of nitrogens with zero attached hydrogens (tertiary/aromatic N) is 4. The molecule has 1 N–H and O–H groups in total. The summed E-state index contributed by atoms with van der Waals surface area (Å²) in [7, 11) is 0. The van der Waals surface area contributed by atoms with E-state index < -0.39 is 0 Å². The molecule has 2 aliphatic heterocycles. The van der Waals surface area contributed by atoms with Crippen molar-refractivity contribution in [2.75, 3.05) is 32.8 Å². The largest absolute Gasteiger partial charge is 0.377 e. The first kappa shape index (κ1) is 19.1. The van der Waals surface area contributed by atoms with Gasteiger partial charge in [0.2, 0.25) is 0 Å². The van der Waals surface area contributed by atoms with Crippen LogP contribution in [0.2, 0.25) is 0 Å². The van der Waals surface area contributed by atoms with Gasteiger partial charge >= 0.3 is 0 Å². The number of hydrogen-bond donors (Lipinski definition) is 1. The van der Waals surface area contributed by atoms with Crippen molar-refractivity contribution in [1.82, 2.24) is 25.0 Å². The van der Waals surface area contributed by atoms with Gasteiger partial charge in [-0.3, -0.25) is 4.79 Å². The van der Waals surface area contributed by atoms with Crippen LogP contribution in [0.1, 0.15) is 53.3 Å². The minimum Gasteiger partial charge on any atom is -0.377 e. The molecule has 1 amide bonds. The average Bonchev–Trinajstić information content (AvgIpc) is 3.04. The van der Waals surface area contributed by atoms with Gasteiger partial charge in [0.1, 0.15) is 11.6 Å². The van der Waals surface area contributed by atoms with E-state index in [9.17, 15) is 4.79 Å². The number of amides is 1. The Morgan fingerprint density at radius 3 is 2.68 bits per heavy atom.